The molecule has 2 heterocycles. The third-order valence-electron chi connectivity index (χ3n) is 5.44. The summed E-state index contributed by atoms with van der Waals surface area (Å²) < 4.78 is 0. The van der Waals surface area contributed by atoms with Crippen LogP contribution in [0, 0.1) is 17.8 Å². The van der Waals surface area contributed by atoms with Gasteiger partial charge < -0.3 is 15.5 Å². The van der Waals surface area contributed by atoms with Crippen LogP contribution in [0.2, 0.25) is 0 Å². The van der Waals surface area contributed by atoms with Gasteiger partial charge in [0.15, 0.2) is 0 Å². The molecule has 0 aromatic carbocycles. The van der Waals surface area contributed by atoms with Crippen molar-refractivity contribution < 1.29 is 1.43 Å². The average Bonchev–Trinajstić information content (AvgIpc) is 2.54. The molecule has 2 N–H and O–H groups in total. The summed E-state index contributed by atoms with van der Waals surface area (Å²) in [6.07, 6.45) is 6.79. The molecule has 0 aliphatic carbocycles. The maximum Gasteiger partial charge on any atom is 0.000691 e. The maximum atomic E-state index is 5.49. The van der Waals surface area contributed by atoms with Crippen molar-refractivity contribution in [3.63, 3.8) is 0 Å². The molecule has 22 heavy (non-hydrogen) atoms. The summed E-state index contributed by atoms with van der Waals surface area (Å²) in [6, 6.07) is 0. The molecule has 0 unspecified atom stereocenters. The molecular weight excluding hydrogens is 270 g/mol. The van der Waals surface area contributed by atoms with Crippen molar-refractivity contribution in [2.24, 2.45) is 23.5 Å². The standard InChI is InChI=1S/C11H24N2.C8H17N.H2/c1-10(2)11-4-8-13(9-5-11)7-3-6-12;1-3-9-6-4-5-8(2)7-9;/h10-11H,3-9,12H2,1-2H3;8H,3-7H2,1-2H3;1H/t;8-;/m.0./s1. The lowest BCUT2D eigenvalue weighted by Gasteiger charge is -2.33. The van der Waals surface area contributed by atoms with Gasteiger partial charge >= 0.3 is 0 Å². The van der Waals surface area contributed by atoms with Crippen LogP contribution in [-0.2, 0) is 0 Å². The highest BCUT2D eigenvalue weighted by Crippen LogP contribution is 2.24. The second-order valence-corrected chi connectivity index (χ2v) is 7.71. The smallest absolute Gasteiger partial charge is 0.000691 e. The van der Waals surface area contributed by atoms with Gasteiger partial charge in [-0.1, -0.05) is 27.7 Å². The molecule has 0 radical (unpaired) electrons. The minimum atomic E-state index is 0. The van der Waals surface area contributed by atoms with Crippen molar-refractivity contribution in [3.8, 4) is 0 Å². The van der Waals surface area contributed by atoms with E-state index in [0.717, 1.165) is 30.7 Å². The molecule has 0 spiro atoms. The van der Waals surface area contributed by atoms with Gasteiger partial charge in [0.2, 0.25) is 0 Å². The normalized spacial score (nSPS) is 25.1. The fourth-order valence-electron chi connectivity index (χ4n) is 3.73. The van der Waals surface area contributed by atoms with Crippen molar-refractivity contribution in [1.29, 1.82) is 0 Å². The van der Waals surface area contributed by atoms with E-state index in [-0.39, 0.29) is 1.43 Å². The van der Waals surface area contributed by atoms with E-state index < -0.39 is 0 Å². The Kier molecular flexibility index (Phi) is 10.3. The molecule has 2 saturated heterocycles. The predicted octanol–water partition coefficient (Wildman–Crippen LogP) is 3.69. The van der Waals surface area contributed by atoms with Crippen molar-refractivity contribution in [2.45, 2.75) is 59.8 Å². The molecule has 0 aromatic rings. The molecule has 0 bridgehead atoms. The van der Waals surface area contributed by atoms with Crippen LogP contribution < -0.4 is 5.73 Å². The number of likely N-dealkylation sites (tertiary alicyclic amines) is 2. The molecule has 0 aromatic heterocycles. The van der Waals surface area contributed by atoms with Gasteiger partial charge in [0.05, 0.1) is 0 Å². The Hall–Kier alpha value is -0.120. The van der Waals surface area contributed by atoms with E-state index in [2.05, 4.69) is 37.5 Å². The first-order valence-corrected chi connectivity index (χ1v) is 9.71. The fraction of sp³-hybridized carbons (Fsp3) is 1.00. The fourth-order valence-corrected chi connectivity index (χ4v) is 3.73. The summed E-state index contributed by atoms with van der Waals surface area (Å²) in [4.78, 5) is 5.10. The van der Waals surface area contributed by atoms with Gasteiger partial charge in [-0.3, -0.25) is 0 Å². The number of hydrogen-bond donors (Lipinski definition) is 1. The van der Waals surface area contributed by atoms with Gasteiger partial charge in [0.25, 0.3) is 0 Å². The number of rotatable bonds is 5. The lowest BCUT2D eigenvalue weighted by Crippen LogP contribution is -2.36. The molecule has 0 saturated carbocycles. The first-order valence-electron chi connectivity index (χ1n) is 9.71. The van der Waals surface area contributed by atoms with Gasteiger partial charge in [0, 0.05) is 7.97 Å². The Morgan fingerprint density at radius 3 is 2.23 bits per heavy atom. The van der Waals surface area contributed by atoms with Crippen molar-refractivity contribution >= 4 is 0 Å². The SMILES string of the molecule is CC(C)C1CCN(CCCN)CC1.CCN1CCC[C@H](C)C1.[HH]. The number of nitrogens with two attached hydrogens (primary N) is 1. The van der Waals surface area contributed by atoms with Crippen LogP contribution in [-0.4, -0.2) is 55.6 Å². The summed E-state index contributed by atoms with van der Waals surface area (Å²) in [5.74, 6) is 2.78. The van der Waals surface area contributed by atoms with Crippen molar-refractivity contribution in [3.05, 3.63) is 0 Å². The number of nitrogens with zero attached hydrogens (tertiary/aromatic N) is 2. The average molecular weight is 314 g/mol. The molecule has 2 aliphatic heterocycles. The van der Waals surface area contributed by atoms with Crippen LogP contribution in [0.4, 0.5) is 0 Å². The predicted molar refractivity (Wildman–Crippen MR) is 100 cm³/mol. The summed E-state index contributed by atoms with van der Waals surface area (Å²) in [6.45, 7) is 17.8. The summed E-state index contributed by atoms with van der Waals surface area (Å²) in [5.41, 5.74) is 5.49. The van der Waals surface area contributed by atoms with E-state index in [4.69, 9.17) is 5.73 Å². The van der Waals surface area contributed by atoms with Crippen molar-refractivity contribution in [1.82, 2.24) is 9.80 Å². The van der Waals surface area contributed by atoms with Crippen LogP contribution in [0.1, 0.15) is 61.2 Å². The molecule has 2 fully saturated rings. The third kappa shape index (κ3) is 7.94. The van der Waals surface area contributed by atoms with Crippen LogP contribution in [0.3, 0.4) is 0 Å². The zero-order valence-corrected chi connectivity index (χ0v) is 15.7. The second kappa shape index (κ2) is 11.4. The Morgan fingerprint density at radius 2 is 1.77 bits per heavy atom. The van der Waals surface area contributed by atoms with E-state index >= 15 is 0 Å². The molecule has 3 nitrogen and oxygen atoms in total. The minimum absolute atomic E-state index is 0. The zero-order chi connectivity index (χ0) is 16.4. The molecule has 0 amide bonds. The van der Waals surface area contributed by atoms with Crippen LogP contribution in [0.5, 0.6) is 0 Å². The first kappa shape index (κ1) is 19.9. The van der Waals surface area contributed by atoms with Crippen LogP contribution >= 0.6 is 0 Å². The Bertz CT molecular complexity index is 265. The maximum absolute atomic E-state index is 5.49. The van der Waals surface area contributed by atoms with E-state index in [9.17, 15) is 0 Å². The second-order valence-electron chi connectivity index (χ2n) is 7.71. The number of hydrogen-bond acceptors (Lipinski definition) is 3. The lowest BCUT2D eigenvalue weighted by atomic mass is 9.87. The number of piperidine rings is 2. The molecule has 2 rings (SSSR count). The first-order chi connectivity index (χ1) is 10.6. The van der Waals surface area contributed by atoms with Gasteiger partial charge in [-0.15, -0.1) is 0 Å². The third-order valence-corrected chi connectivity index (χ3v) is 5.44. The quantitative estimate of drug-likeness (QED) is 0.840. The highest BCUT2D eigenvalue weighted by Gasteiger charge is 2.20. The molecule has 134 valence electrons. The lowest BCUT2D eigenvalue weighted by molar-refractivity contribution is 0.157. The highest BCUT2D eigenvalue weighted by molar-refractivity contribution is 4.74. The molecular formula is C19H43N3. The topological polar surface area (TPSA) is 32.5 Å². The van der Waals surface area contributed by atoms with Crippen LogP contribution in [0.15, 0.2) is 0 Å². The van der Waals surface area contributed by atoms with E-state index in [1.165, 1.54) is 65.0 Å². The van der Waals surface area contributed by atoms with Gasteiger partial charge in [0.1, 0.15) is 0 Å². The van der Waals surface area contributed by atoms with E-state index in [0.29, 0.717) is 0 Å². The van der Waals surface area contributed by atoms with E-state index in [1.54, 1.807) is 0 Å². The molecule has 2 aliphatic rings. The van der Waals surface area contributed by atoms with Crippen molar-refractivity contribution in [2.75, 3.05) is 45.8 Å². The largest absolute Gasteiger partial charge is 0.330 e. The van der Waals surface area contributed by atoms with Crippen LogP contribution in [0.25, 0.3) is 0 Å². The minimum Gasteiger partial charge on any atom is -0.330 e. The summed E-state index contributed by atoms with van der Waals surface area (Å²) in [7, 11) is 0. The molecule has 1 atom stereocenters. The monoisotopic (exact) mass is 313 g/mol. The van der Waals surface area contributed by atoms with Gasteiger partial charge in [-0.25, -0.2) is 0 Å². The summed E-state index contributed by atoms with van der Waals surface area (Å²) >= 11 is 0. The summed E-state index contributed by atoms with van der Waals surface area (Å²) in [5, 5.41) is 0. The Morgan fingerprint density at radius 1 is 1.09 bits per heavy atom. The van der Waals surface area contributed by atoms with Gasteiger partial charge in [-0.05, 0) is 89.1 Å². The van der Waals surface area contributed by atoms with E-state index in [1.807, 2.05) is 0 Å². The van der Waals surface area contributed by atoms with Gasteiger partial charge in [-0.2, -0.15) is 0 Å². The highest BCUT2D eigenvalue weighted by atomic mass is 15.1. The Balaban J connectivity index is 0.000000427. The molecule has 3 heteroatoms. The zero-order valence-electron chi connectivity index (χ0n) is 15.7. The Labute approximate surface area is 141 Å².